The van der Waals surface area contributed by atoms with Crippen molar-refractivity contribution < 1.29 is 24.5 Å². The summed E-state index contributed by atoms with van der Waals surface area (Å²) < 4.78 is 5.48. The van der Waals surface area contributed by atoms with E-state index >= 15 is 0 Å². The second-order valence-electron chi connectivity index (χ2n) is 5.73. The van der Waals surface area contributed by atoms with Gasteiger partial charge in [0.25, 0.3) is 0 Å². The molecule has 0 aromatic heterocycles. The standard InChI is InChI=1S/C14H24N2O5/c1-10-12(13(18)19)4-7-16(10)14(20)15-5-2-11(3-6-15)21-9-8-17/h10-12,17H,2-9H2,1H3,(H,18,19). The van der Waals surface area contributed by atoms with Crippen LogP contribution in [0.25, 0.3) is 0 Å². The van der Waals surface area contributed by atoms with Gasteiger partial charge in [0, 0.05) is 25.7 Å². The van der Waals surface area contributed by atoms with Crippen molar-refractivity contribution in [3.63, 3.8) is 0 Å². The normalized spacial score (nSPS) is 27.1. The van der Waals surface area contributed by atoms with Crippen molar-refractivity contribution in [1.82, 2.24) is 9.80 Å². The van der Waals surface area contributed by atoms with E-state index in [1.165, 1.54) is 0 Å². The molecule has 2 fully saturated rings. The zero-order valence-corrected chi connectivity index (χ0v) is 12.4. The van der Waals surface area contributed by atoms with Crippen molar-refractivity contribution in [2.45, 2.75) is 38.3 Å². The van der Waals surface area contributed by atoms with Crippen molar-refractivity contribution in [3.05, 3.63) is 0 Å². The Hall–Kier alpha value is -1.34. The molecule has 0 aliphatic carbocycles. The van der Waals surface area contributed by atoms with E-state index in [-0.39, 0.29) is 24.8 Å². The summed E-state index contributed by atoms with van der Waals surface area (Å²) in [7, 11) is 0. The second-order valence-corrected chi connectivity index (χ2v) is 5.73. The number of urea groups is 1. The van der Waals surface area contributed by atoms with Gasteiger partial charge in [0.05, 0.1) is 25.2 Å². The van der Waals surface area contributed by atoms with Gasteiger partial charge in [-0.05, 0) is 26.2 Å². The molecule has 2 saturated heterocycles. The third-order valence-corrected chi connectivity index (χ3v) is 4.48. The van der Waals surface area contributed by atoms with Gasteiger partial charge < -0.3 is 24.7 Å². The molecule has 0 saturated carbocycles. The first-order valence-corrected chi connectivity index (χ1v) is 7.55. The lowest BCUT2D eigenvalue weighted by Gasteiger charge is -2.36. The van der Waals surface area contributed by atoms with E-state index in [0.29, 0.717) is 32.7 Å². The number of ether oxygens (including phenoxy) is 1. The maximum atomic E-state index is 12.5. The number of carboxylic acids is 1. The van der Waals surface area contributed by atoms with E-state index in [9.17, 15) is 9.59 Å². The lowest BCUT2D eigenvalue weighted by Crippen LogP contribution is -2.49. The van der Waals surface area contributed by atoms with Crippen LogP contribution >= 0.6 is 0 Å². The Morgan fingerprint density at radius 2 is 1.86 bits per heavy atom. The fraction of sp³-hybridized carbons (Fsp3) is 0.857. The number of piperidine rings is 1. The number of nitrogens with zero attached hydrogens (tertiary/aromatic N) is 2. The van der Waals surface area contributed by atoms with Crippen LogP contribution in [0.2, 0.25) is 0 Å². The SMILES string of the molecule is CC1C(C(=O)O)CCN1C(=O)N1CCC(OCCO)CC1. The Kier molecular flexibility index (Phi) is 5.41. The van der Waals surface area contributed by atoms with Crippen LogP contribution in [-0.4, -0.2) is 77.0 Å². The molecule has 0 bridgehead atoms. The smallest absolute Gasteiger partial charge is 0.320 e. The number of likely N-dealkylation sites (tertiary alicyclic amines) is 2. The van der Waals surface area contributed by atoms with Crippen molar-refractivity contribution in [1.29, 1.82) is 0 Å². The van der Waals surface area contributed by atoms with Gasteiger partial charge in [-0.2, -0.15) is 0 Å². The van der Waals surface area contributed by atoms with Crippen molar-refractivity contribution in [2.24, 2.45) is 5.92 Å². The highest BCUT2D eigenvalue weighted by molar-refractivity contribution is 5.78. The van der Waals surface area contributed by atoms with Gasteiger partial charge in [-0.3, -0.25) is 4.79 Å². The molecular formula is C14H24N2O5. The number of aliphatic hydroxyl groups is 1. The minimum atomic E-state index is -0.825. The molecule has 0 aromatic carbocycles. The highest BCUT2D eigenvalue weighted by atomic mass is 16.5. The van der Waals surface area contributed by atoms with Gasteiger partial charge >= 0.3 is 12.0 Å². The summed E-state index contributed by atoms with van der Waals surface area (Å²) in [5, 5.41) is 17.9. The molecule has 2 amide bonds. The fourth-order valence-corrected chi connectivity index (χ4v) is 3.15. The first kappa shape index (κ1) is 16.0. The Labute approximate surface area is 124 Å². The molecule has 2 atom stereocenters. The van der Waals surface area contributed by atoms with Gasteiger partial charge in [-0.25, -0.2) is 4.79 Å². The largest absolute Gasteiger partial charge is 0.481 e. The van der Waals surface area contributed by atoms with Crippen LogP contribution in [0.5, 0.6) is 0 Å². The molecule has 2 unspecified atom stereocenters. The van der Waals surface area contributed by atoms with Crippen molar-refractivity contribution in [3.8, 4) is 0 Å². The van der Waals surface area contributed by atoms with Crippen LogP contribution in [-0.2, 0) is 9.53 Å². The minimum Gasteiger partial charge on any atom is -0.481 e. The number of amides is 2. The topological polar surface area (TPSA) is 90.3 Å². The van der Waals surface area contributed by atoms with Crippen LogP contribution in [0, 0.1) is 5.92 Å². The van der Waals surface area contributed by atoms with Gasteiger partial charge in [0.2, 0.25) is 0 Å². The Balaban J connectivity index is 1.84. The molecule has 0 spiro atoms. The van der Waals surface area contributed by atoms with E-state index in [1.54, 1.807) is 16.7 Å². The number of carbonyl (C=O) groups is 2. The molecule has 7 nitrogen and oxygen atoms in total. The van der Waals surface area contributed by atoms with Crippen LogP contribution in [0.4, 0.5) is 4.79 Å². The maximum Gasteiger partial charge on any atom is 0.320 e. The van der Waals surface area contributed by atoms with E-state index < -0.39 is 11.9 Å². The quantitative estimate of drug-likeness (QED) is 0.783. The van der Waals surface area contributed by atoms with Crippen LogP contribution in [0.3, 0.4) is 0 Å². The third-order valence-electron chi connectivity index (χ3n) is 4.48. The molecule has 2 aliphatic rings. The number of carbonyl (C=O) groups excluding carboxylic acids is 1. The summed E-state index contributed by atoms with van der Waals surface area (Å²) in [5.41, 5.74) is 0. The lowest BCUT2D eigenvalue weighted by molar-refractivity contribution is -0.142. The molecule has 120 valence electrons. The van der Waals surface area contributed by atoms with Gasteiger partial charge in [-0.1, -0.05) is 0 Å². The van der Waals surface area contributed by atoms with E-state index in [0.717, 1.165) is 12.8 Å². The molecule has 2 heterocycles. The lowest BCUT2D eigenvalue weighted by atomic mass is 10.0. The van der Waals surface area contributed by atoms with E-state index in [4.69, 9.17) is 14.9 Å². The Bertz CT molecular complexity index is 382. The Morgan fingerprint density at radius 1 is 1.19 bits per heavy atom. The molecule has 7 heteroatoms. The predicted octanol–water partition coefficient (Wildman–Crippen LogP) is 0.375. The van der Waals surface area contributed by atoms with Gasteiger partial charge in [0.15, 0.2) is 0 Å². The molecule has 21 heavy (non-hydrogen) atoms. The maximum absolute atomic E-state index is 12.5. The molecule has 0 radical (unpaired) electrons. The average molecular weight is 300 g/mol. The molecular weight excluding hydrogens is 276 g/mol. The first-order chi connectivity index (χ1) is 10.0. The van der Waals surface area contributed by atoms with Crippen LogP contribution < -0.4 is 0 Å². The Morgan fingerprint density at radius 3 is 2.38 bits per heavy atom. The predicted molar refractivity (Wildman–Crippen MR) is 74.9 cm³/mol. The summed E-state index contributed by atoms with van der Waals surface area (Å²) in [6.07, 6.45) is 2.15. The number of hydrogen-bond acceptors (Lipinski definition) is 4. The monoisotopic (exact) mass is 300 g/mol. The number of rotatable bonds is 4. The van der Waals surface area contributed by atoms with Crippen molar-refractivity contribution >= 4 is 12.0 Å². The zero-order chi connectivity index (χ0) is 15.4. The van der Waals surface area contributed by atoms with E-state index in [2.05, 4.69) is 0 Å². The highest BCUT2D eigenvalue weighted by Crippen LogP contribution is 2.26. The number of aliphatic hydroxyl groups excluding tert-OH is 1. The fourth-order valence-electron chi connectivity index (χ4n) is 3.15. The van der Waals surface area contributed by atoms with Crippen molar-refractivity contribution in [2.75, 3.05) is 32.8 Å². The minimum absolute atomic E-state index is 0.0149. The molecule has 2 rings (SSSR count). The summed E-state index contributed by atoms with van der Waals surface area (Å²) in [4.78, 5) is 27.0. The number of aliphatic carboxylic acids is 1. The number of carboxylic acid groups (broad SMARTS) is 1. The van der Waals surface area contributed by atoms with Gasteiger partial charge in [0.1, 0.15) is 0 Å². The van der Waals surface area contributed by atoms with Crippen LogP contribution in [0.1, 0.15) is 26.2 Å². The summed E-state index contributed by atoms with van der Waals surface area (Å²) in [6.45, 7) is 3.91. The summed E-state index contributed by atoms with van der Waals surface area (Å²) >= 11 is 0. The van der Waals surface area contributed by atoms with Crippen LogP contribution in [0.15, 0.2) is 0 Å². The van der Waals surface area contributed by atoms with Gasteiger partial charge in [-0.15, -0.1) is 0 Å². The summed E-state index contributed by atoms with van der Waals surface area (Å²) in [5.74, 6) is -1.28. The molecule has 0 aromatic rings. The second kappa shape index (κ2) is 7.09. The average Bonchev–Trinajstić information content (AvgIpc) is 2.87. The third kappa shape index (κ3) is 3.65. The summed E-state index contributed by atoms with van der Waals surface area (Å²) in [6, 6.07) is -0.315. The molecule has 2 N–H and O–H groups in total. The zero-order valence-electron chi connectivity index (χ0n) is 12.4. The highest BCUT2D eigenvalue weighted by Gasteiger charge is 2.40. The molecule has 2 aliphatic heterocycles. The number of hydrogen-bond donors (Lipinski definition) is 2. The van der Waals surface area contributed by atoms with E-state index in [1.807, 2.05) is 0 Å². The first-order valence-electron chi connectivity index (χ1n) is 7.55.